The first-order valence-corrected chi connectivity index (χ1v) is 10.1. The second kappa shape index (κ2) is 7.91. The molecule has 1 aliphatic rings. The first-order valence-electron chi connectivity index (χ1n) is 10.1. The molecule has 3 aromatic carbocycles. The molecule has 0 N–H and O–H groups in total. The fourth-order valence-electron chi connectivity index (χ4n) is 4.53. The van der Waals surface area contributed by atoms with E-state index in [0.29, 0.717) is 11.3 Å². The topological polar surface area (TPSA) is 23.8 Å². The lowest BCUT2D eigenvalue weighted by atomic mass is 9.77. The molecule has 4 rings (SSSR count). The SMILES string of the molecule is CC[C@H]1CC[C@H](c2ccc3c(F)c(-c4cc(F)c(C#N)c(F)c4)ccc3c2)CC1. The van der Waals surface area contributed by atoms with Crippen molar-refractivity contribution in [2.75, 3.05) is 0 Å². The summed E-state index contributed by atoms with van der Waals surface area (Å²) in [7, 11) is 0. The first kappa shape index (κ1) is 19.5. The maximum absolute atomic E-state index is 15.2. The highest BCUT2D eigenvalue weighted by Gasteiger charge is 2.22. The Balaban J connectivity index is 1.70. The van der Waals surface area contributed by atoms with E-state index in [2.05, 4.69) is 6.92 Å². The molecule has 0 amide bonds. The van der Waals surface area contributed by atoms with Gasteiger partial charge in [0.15, 0.2) is 0 Å². The average molecular weight is 393 g/mol. The fraction of sp³-hybridized carbons (Fsp3) is 0.320. The van der Waals surface area contributed by atoms with Gasteiger partial charge in [-0.3, -0.25) is 0 Å². The predicted molar refractivity (Wildman–Crippen MR) is 109 cm³/mol. The molecule has 0 aliphatic heterocycles. The van der Waals surface area contributed by atoms with E-state index in [1.807, 2.05) is 12.1 Å². The maximum Gasteiger partial charge on any atom is 0.144 e. The molecule has 0 aromatic heterocycles. The van der Waals surface area contributed by atoms with Gasteiger partial charge in [-0.15, -0.1) is 0 Å². The quantitative estimate of drug-likeness (QED) is 0.452. The van der Waals surface area contributed by atoms with Crippen LogP contribution in [-0.4, -0.2) is 0 Å². The molecule has 1 nitrogen and oxygen atoms in total. The molecule has 0 bridgehead atoms. The minimum absolute atomic E-state index is 0.0837. The number of halogens is 3. The van der Waals surface area contributed by atoms with Crippen LogP contribution < -0.4 is 0 Å². The summed E-state index contributed by atoms with van der Waals surface area (Å²) < 4.78 is 43.1. The number of hydrogen-bond donors (Lipinski definition) is 0. The van der Waals surface area contributed by atoms with Crippen molar-refractivity contribution in [2.24, 2.45) is 5.92 Å². The van der Waals surface area contributed by atoms with Gasteiger partial charge in [0.25, 0.3) is 0 Å². The Morgan fingerprint density at radius 3 is 2.24 bits per heavy atom. The van der Waals surface area contributed by atoms with Crippen LogP contribution in [0.15, 0.2) is 42.5 Å². The number of nitriles is 1. The Morgan fingerprint density at radius 1 is 0.931 bits per heavy atom. The van der Waals surface area contributed by atoms with Crippen LogP contribution in [0.2, 0.25) is 0 Å². The van der Waals surface area contributed by atoms with Crippen molar-refractivity contribution in [1.82, 2.24) is 0 Å². The van der Waals surface area contributed by atoms with Crippen molar-refractivity contribution < 1.29 is 13.2 Å². The van der Waals surface area contributed by atoms with E-state index >= 15 is 4.39 Å². The lowest BCUT2D eigenvalue weighted by Gasteiger charge is -2.28. The molecule has 0 radical (unpaired) electrons. The van der Waals surface area contributed by atoms with E-state index in [0.717, 1.165) is 36.3 Å². The number of nitrogens with zero attached hydrogens (tertiary/aromatic N) is 1. The van der Waals surface area contributed by atoms with Gasteiger partial charge in [-0.25, -0.2) is 13.2 Å². The van der Waals surface area contributed by atoms with Gasteiger partial charge >= 0.3 is 0 Å². The minimum atomic E-state index is -0.986. The summed E-state index contributed by atoms with van der Waals surface area (Å²) in [5, 5.41) is 10.0. The molecule has 4 heteroatoms. The van der Waals surface area contributed by atoms with Gasteiger partial charge in [-0.1, -0.05) is 43.7 Å². The normalized spacial score (nSPS) is 19.3. The highest BCUT2D eigenvalue weighted by molar-refractivity contribution is 5.89. The predicted octanol–water partition coefficient (Wildman–Crippen LogP) is 7.48. The van der Waals surface area contributed by atoms with Crippen molar-refractivity contribution in [1.29, 1.82) is 5.26 Å². The monoisotopic (exact) mass is 393 g/mol. The molecule has 29 heavy (non-hydrogen) atoms. The van der Waals surface area contributed by atoms with Crippen LogP contribution >= 0.6 is 0 Å². The van der Waals surface area contributed by atoms with Crippen LogP contribution in [-0.2, 0) is 0 Å². The van der Waals surface area contributed by atoms with Crippen molar-refractivity contribution in [2.45, 2.75) is 44.9 Å². The Kier molecular flexibility index (Phi) is 5.32. The Hall–Kier alpha value is -2.80. The minimum Gasteiger partial charge on any atom is -0.206 e. The molecular formula is C25H22F3N. The van der Waals surface area contributed by atoms with E-state index in [9.17, 15) is 8.78 Å². The summed E-state index contributed by atoms with van der Waals surface area (Å²) in [4.78, 5) is 0. The van der Waals surface area contributed by atoms with Gasteiger partial charge in [-0.2, -0.15) is 5.26 Å². The number of benzene rings is 3. The summed E-state index contributed by atoms with van der Waals surface area (Å²) in [6.07, 6.45) is 6.03. The van der Waals surface area contributed by atoms with Gasteiger partial charge in [0.05, 0.1) is 0 Å². The highest BCUT2D eigenvalue weighted by Crippen LogP contribution is 2.39. The third kappa shape index (κ3) is 3.62. The Morgan fingerprint density at radius 2 is 1.62 bits per heavy atom. The molecule has 0 saturated heterocycles. The van der Waals surface area contributed by atoms with Crippen molar-refractivity contribution in [3.05, 3.63) is 71.0 Å². The summed E-state index contributed by atoms with van der Waals surface area (Å²) in [6, 6.07) is 12.6. The van der Waals surface area contributed by atoms with E-state index in [1.165, 1.54) is 30.9 Å². The summed E-state index contributed by atoms with van der Waals surface area (Å²) >= 11 is 0. The summed E-state index contributed by atoms with van der Waals surface area (Å²) in [5.74, 6) is -1.15. The fourth-order valence-corrected chi connectivity index (χ4v) is 4.53. The van der Waals surface area contributed by atoms with Crippen molar-refractivity contribution in [3.8, 4) is 17.2 Å². The van der Waals surface area contributed by atoms with Gasteiger partial charge in [0.2, 0.25) is 0 Å². The van der Waals surface area contributed by atoms with Gasteiger partial charge in [-0.05, 0) is 66.2 Å². The van der Waals surface area contributed by atoms with Crippen LogP contribution in [0.5, 0.6) is 0 Å². The van der Waals surface area contributed by atoms with E-state index < -0.39 is 23.0 Å². The second-order valence-corrected chi connectivity index (χ2v) is 7.96. The molecule has 1 saturated carbocycles. The zero-order valence-electron chi connectivity index (χ0n) is 16.3. The highest BCUT2D eigenvalue weighted by atomic mass is 19.1. The zero-order chi connectivity index (χ0) is 20.5. The third-order valence-electron chi connectivity index (χ3n) is 6.34. The molecule has 0 heterocycles. The lowest BCUT2D eigenvalue weighted by Crippen LogP contribution is -2.12. The third-order valence-corrected chi connectivity index (χ3v) is 6.34. The number of hydrogen-bond acceptors (Lipinski definition) is 1. The van der Waals surface area contributed by atoms with Crippen LogP contribution in [0, 0.1) is 34.7 Å². The molecule has 1 fully saturated rings. The maximum atomic E-state index is 15.2. The first-order chi connectivity index (χ1) is 14.0. The molecule has 0 atom stereocenters. The standard InChI is InChI=1S/C25H22F3N/c1-2-15-3-5-16(6-4-15)17-7-9-20-18(11-17)8-10-21(25(20)28)19-12-23(26)22(14-29)24(27)13-19/h7-13,15-16H,2-6H2,1H3/t15-,16-. The van der Waals surface area contributed by atoms with Crippen LogP contribution in [0.4, 0.5) is 13.2 Å². The van der Waals surface area contributed by atoms with Crippen molar-refractivity contribution in [3.63, 3.8) is 0 Å². The van der Waals surface area contributed by atoms with Gasteiger partial charge in [0, 0.05) is 10.9 Å². The summed E-state index contributed by atoms with van der Waals surface area (Å²) in [5.41, 5.74) is 0.781. The average Bonchev–Trinajstić information content (AvgIpc) is 2.73. The number of fused-ring (bicyclic) bond motifs is 1. The van der Waals surface area contributed by atoms with Crippen LogP contribution in [0.25, 0.3) is 21.9 Å². The van der Waals surface area contributed by atoms with E-state index in [4.69, 9.17) is 5.26 Å². The van der Waals surface area contributed by atoms with Gasteiger partial charge < -0.3 is 0 Å². The van der Waals surface area contributed by atoms with E-state index in [1.54, 1.807) is 18.2 Å². The van der Waals surface area contributed by atoms with E-state index in [-0.39, 0.29) is 11.1 Å². The smallest absolute Gasteiger partial charge is 0.144 e. The molecule has 0 spiro atoms. The molecular weight excluding hydrogens is 371 g/mol. The second-order valence-electron chi connectivity index (χ2n) is 7.96. The lowest BCUT2D eigenvalue weighted by molar-refractivity contribution is 0.319. The molecule has 0 unspecified atom stereocenters. The molecule has 148 valence electrons. The largest absolute Gasteiger partial charge is 0.206 e. The Labute approximate surface area is 168 Å². The zero-order valence-corrected chi connectivity index (χ0v) is 16.3. The van der Waals surface area contributed by atoms with Crippen LogP contribution in [0.3, 0.4) is 0 Å². The van der Waals surface area contributed by atoms with Crippen molar-refractivity contribution >= 4 is 10.8 Å². The molecule has 3 aromatic rings. The summed E-state index contributed by atoms with van der Waals surface area (Å²) in [6.45, 7) is 2.24. The van der Waals surface area contributed by atoms with Crippen LogP contribution in [0.1, 0.15) is 56.1 Å². The number of rotatable bonds is 3. The van der Waals surface area contributed by atoms with Gasteiger partial charge in [0.1, 0.15) is 29.1 Å². The molecule has 1 aliphatic carbocycles. The Bertz CT molecular complexity index is 1080.